The summed E-state index contributed by atoms with van der Waals surface area (Å²) in [7, 11) is -3.56. The first kappa shape index (κ1) is 16.7. The van der Waals surface area contributed by atoms with Crippen molar-refractivity contribution < 1.29 is 8.42 Å². The smallest absolute Gasteiger partial charge is 0.191 e. The maximum absolute atomic E-state index is 11.9. The zero-order valence-corrected chi connectivity index (χ0v) is 13.8. The van der Waals surface area contributed by atoms with Gasteiger partial charge in [0.1, 0.15) is 5.75 Å². The number of rotatable bonds is 4. The summed E-state index contributed by atoms with van der Waals surface area (Å²) in [6, 6.07) is 8.43. The van der Waals surface area contributed by atoms with Crippen LogP contribution >= 0.6 is 12.2 Å². The van der Waals surface area contributed by atoms with Gasteiger partial charge in [-0.2, -0.15) is 5.26 Å². The van der Waals surface area contributed by atoms with Crippen molar-refractivity contribution in [3.8, 4) is 6.07 Å². The Bertz CT molecular complexity index is 674. The first-order valence-corrected chi connectivity index (χ1v) is 9.34. The number of nitrogens with one attached hydrogen (secondary N) is 2. The second kappa shape index (κ2) is 7.56. The Labute approximate surface area is 136 Å². The van der Waals surface area contributed by atoms with Gasteiger partial charge in [-0.25, -0.2) is 8.42 Å². The van der Waals surface area contributed by atoms with Gasteiger partial charge in [-0.05, 0) is 43.3 Å². The summed E-state index contributed by atoms with van der Waals surface area (Å²) in [6.07, 6.45) is 5.92. The SMILES string of the molecule is N#CCS(=O)(=O)c1cccc(NC(=S)NC2CCCCC2)c1. The van der Waals surface area contributed by atoms with Crippen molar-refractivity contribution in [2.45, 2.75) is 43.0 Å². The van der Waals surface area contributed by atoms with E-state index < -0.39 is 15.6 Å². The third kappa shape index (κ3) is 4.68. The molecule has 0 aliphatic heterocycles. The third-order valence-corrected chi connectivity index (χ3v) is 5.35. The normalized spacial score (nSPS) is 15.8. The third-order valence-electron chi connectivity index (χ3n) is 3.65. The summed E-state index contributed by atoms with van der Waals surface area (Å²) in [6.45, 7) is 0. The minimum atomic E-state index is -3.56. The molecule has 1 aliphatic rings. The van der Waals surface area contributed by atoms with Crippen molar-refractivity contribution in [2.24, 2.45) is 0 Å². The predicted molar refractivity (Wildman–Crippen MR) is 90.3 cm³/mol. The Kier molecular flexibility index (Phi) is 5.75. The summed E-state index contributed by atoms with van der Waals surface area (Å²) in [5, 5.41) is 15.4. The molecule has 1 aromatic rings. The molecule has 1 aromatic carbocycles. The van der Waals surface area contributed by atoms with E-state index in [1.165, 1.54) is 31.4 Å². The minimum absolute atomic E-state index is 0.125. The van der Waals surface area contributed by atoms with Crippen molar-refractivity contribution in [3.05, 3.63) is 24.3 Å². The van der Waals surface area contributed by atoms with Gasteiger partial charge >= 0.3 is 0 Å². The van der Waals surface area contributed by atoms with Gasteiger partial charge in [0.25, 0.3) is 0 Å². The molecular formula is C15H19N3O2S2. The molecule has 1 saturated carbocycles. The highest BCUT2D eigenvalue weighted by Crippen LogP contribution is 2.19. The fourth-order valence-corrected chi connectivity index (χ4v) is 3.75. The van der Waals surface area contributed by atoms with Crippen molar-refractivity contribution in [1.82, 2.24) is 5.32 Å². The largest absolute Gasteiger partial charge is 0.360 e. The molecular weight excluding hydrogens is 318 g/mol. The average molecular weight is 337 g/mol. The standard InChI is InChI=1S/C15H19N3O2S2/c16-9-10-22(19,20)14-8-4-7-13(11-14)18-15(21)17-12-5-2-1-3-6-12/h4,7-8,11-12H,1-3,5-6,10H2,(H2,17,18,21). The van der Waals surface area contributed by atoms with E-state index in [0.29, 0.717) is 16.8 Å². The van der Waals surface area contributed by atoms with Crippen LogP contribution in [0.4, 0.5) is 5.69 Å². The van der Waals surface area contributed by atoms with Crippen LogP contribution in [0.2, 0.25) is 0 Å². The summed E-state index contributed by atoms with van der Waals surface area (Å²) < 4.78 is 23.8. The number of benzene rings is 1. The zero-order chi connectivity index (χ0) is 16.0. The van der Waals surface area contributed by atoms with Gasteiger partial charge in [-0.15, -0.1) is 0 Å². The fourth-order valence-electron chi connectivity index (χ4n) is 2.54. The fraction of sp³-hybridized carbons (Fsp3) is 0.467. The number of hydrogen-bond donors (Lipinski definition) is 2. The van der Waals surface area contributed by atoms with E-state index in [1.54, 1.807) is 18.2 Å². The number of nitriles is 1. The summed E-state index contributed by atoms with van der Waals surface area (Å²) >= 11 is 5.28. The monoisotopic (exact) mass is 337 g/mol. The maximum Gasteiger partial charge on any atom is 0.191 e. The zero-order valence-electron chi connectivity index (χ0n) is 12.2. The molecule has 5 nitrogen and oxygen atoms in total. The van der Waals surface area contributed by atoms with Crippen molar-refractivity contribution >= 4 is 32.9 Å². The molecule has 0 radical (unpaired) electrons. The number of thiocarbonyl (C=S) groups is 1. The first-order valence-electron chi connectivity index (χ1n) is 7.28. The summed E-state index contributed by atoms with van der Waals surface area (Å²) in [4.78, 5) is 0.125. The molecule has 0 atom stereocenters. The number of nitrogens with zero attached hydrogens (tertiary/aromatic N) is 1. The molecule has 0 amide bonds. The predicted octanol–water partition coefficient (Wildman–Crippen LogP) is 2.60. The van der Waals surface area contributed by atoms with Gasteiger partial charge in [-0.1, -0.05) is 25.3 Å². The van der Waals surface area contributed by atoms with Crippen molar-refractivity contribution in [1.29, 1.82) is 5.26 Å². The molecule has 2 rings (SSSR count). The number of sulfone groups is 1. The second-order valence-electron chi connectivity index (χ2n) is 5.38. The highest BCUT2D eigenvalue weighted by molar-refractivity contribution is 7.91. The molecule has 7 heteroatoms. The molecule has 118 valence electrons. The Hall–Kier alpha value is -1.65. The van der Waals surface area contributed by atoms with Crippen LogP contribution in [0.1, 0.15) is 32.1 Å². The van der Waals surface area contributed by atoms with Crippen LogP contribution in [0.15, 0.2) is 29.2 Å². The van der Waals surface area contributed by atoms with Gasteiger partial charge in [0.05, 0.1) is 11.0 Å². The van der Waals surface area contributed by atoms with Gasteiger partial charge in [0, 0.05) is 11.7 Å². The highest BCUT2D eigenvalue weighted by Gasteiger charge is 2.16. The number of hydrogen-bond acceptors (Lipinski definition) is 4. The van der Waals surface area contributed by atoms with E-state index in [0.717, 1.165) is 12.8 Å². The van der Waals surface area contributed by atoms with Crippen molar-refractivity contribution in [3.63, 3.8) is 0 Å². The maximum atomic E-state index is 11.9. The van der Waals surface area contributed by atoms with E-state index in [1.807, 2.05) is 0 Å². The lowest BCUT2D eigenvalue weighted by atomic mass is 9.96. The minimum Gasteiger partial charge on any atom is -0.360 e. The Morgan fingerprint density at radius 1 is 1.32 bits per heavy atom. The van der Waals surface area contributed by atoms with Gasteiger partial charge in [-0.3, -0.25) is 0 Å². The molecule has 0 bridgehead atoms. The van der Waals surface area contributed by atoms with E-state index in [9.17, 15) is 8.42 Å². The quantitative estimate of drug-likeness (QED) is 0.822. The average Bonchev–Trinajstić information content (AvgIpc) is 2.48. The second-order valence-corrected chi connectivity index (χ2v) is 7.78. The van der Waals surface area contributed by atoms with Gasteiger partial charge < -0.3 is 10.6 Å². The molecule has 0 aromatic heterocycles. The first-order chi connectivity index (χ1) is 10.5. The van der Waals surface area contributed by atoms with E-state index >= 15 is 0 Å². The highest BCUT2D eigenvalue weighted by atomic mass is 32.2. The topological polar surface area (TPSA) is 82.0 Å². The van der Waals surface area contributed by atoms with Crippen LogP contribution in [0.3, 0.4) is 0 Å². The summed E-state index contributed by atoms with van der Waals surface area (Å²) in [5.41, 5.74) is 0.604. The van der Waals surface area contributed by atoms with Gasteiger partial charge in [0.2, 0.25) is 0 Å². The Morgan fingerprint density at radius 3 is 2.73 bits per heavy atom. The lowest BCUT2D eigenvalue weighted by molar-refractivity contribution is 0.415. The van der Waals surface area contributed by atoms with Crippen LogP contribution < -0.4 is 10.6 Å². The van der Waals surface area contributed by atoms with E-state index in [2.05, 4.69) is 10.6 Å². The molecule has 1 fully saturated rings. The van der Waals surface area contributed by atoms with Crippen LogP contribution in [-0.4, -0.2) is 25.3 Å². The van der Waals surface area contributed by atoms with Crippen molar-refractivity contribution in [2.75, 3.05) is 11.1 Å². The molecule has 0 saturated heterocycles. The molecule has 0 unspecified atom stereocenters. The lowest BCUT2D eigenvalue weighted by Crippen LogP contribution is -2.38. The molecule has 2 N–H and O–H groups in total. The van der Waals surface area contributed by atoms with Crippen LogP contribution in [-0.2, 0) is 9.84 Å². The molecule has 0 heterocycles. The molecule has 0 spiro atoms. The molecule has 1 aliphatic carbocycles. The van der Waals surface area contributed by atoms with E-state index in [4.69, 9.17) is 17.5 Å². The Morgan fingerprint density at radius 2 is 2.05 bits per heavy atom. The number of anilines is 1. The van der Waals surface area contributed by atoms with E-state index in [-0.39, 0.29) is 4.90 Å². The van der Waals surface area contributed by atoms with Crippen LogP contribution in [0, 0.1) is 11.3 Å². The van der Waals surface area contributed by atoms with Gasteiger partial charge in [0.15, 0.2) is 14.9 Å². The van der Waals surface area contributed by atoms with Crippen LogP contribution in [0.5, 0.6) is 0 Å². The van der Waals surface area contributed by atoms with Crippen LogP contribution in [0.25, 0.3) is 0 Å². The Balaban J connectivity index is 2.01. The lowest BCUT2D eigenvalue weighted by Gasteiger charge is -2.24. The molecule has 22 heavy (non-hydrogen) atoms. The summed E-state index contributed by atoms with van der Waals surface area (Å²) in [5.74, 6) is -0.527.